The maximum absolute atomic E-state index is 12.6. The van der Waals surface area contributed by atoms with Crippen LogP contribution in [0.25, 0.3) is 0 Å². The minimum atomic E-state index is -0.472. The monoisotopic (exact) mass is 376 g/mol. The van der Waals surface area contributed by atoms with Gasteiger partial charge in [0.2, 0.25) is 5.91 Å². The normalized spacial score (nSPS) is 11.5. The molecule has 1 N–H and O–H groups in total. The van der Waals surface area contributed by atoms with Crippen molar-refractivity contribution in [3.8, 4) is 5.75 Å². The number of hydrogen-bond acceptors (Lipinski definition) is 4. The van der Waals surface area contributed by atoms with Gasteiger partial charge in [-0.1, -0.05) is 42.5 Å². The number of carbonyl (C=O) groups is 1. The van der Waals surface area contributed by atoms with Crippen LogP contribution in [0.2, 0.25) is 0 Å². The fourth-order valence-electron chi connectivity index (χ4n) is 3.01. The standard InChI is InChI=1S/C22H20N2O4/c1-28-20-13-7-17(8-14-20)21(16-5-3-2-4-6-16)15-22(25)23-18-9-11-19(12-10-18)24(26)27/h2-14,21H,15H2,1H3,(H,23,25)/t21-/m0/s1. The first-order valence-corrected chi connectivity index (χ1v) is 8.80. The molecule has 0 unspecified atom stereocenters. The molecule has 0 aliphatic rings. The summed E-state index contributed by atoms with van der Waals surface area (Å²) in [6.07, 6.45) is 0.243. The number of rotatable bonds is 7. The predicted molar refractivity (Wildman–Crippen MR) is 108 cm³/mol. The van der Waals surface area contributed by atoms with Crippen molar-refractivity contribution in [3.63, 3.8) is 0 Å². The van der Waals surface area contributed by atoms with E-state index in [2.05, 4.69) is 5.32 Å². The molecule has 28 heavy (non-hydrogen) atoms. The Hall–Kier alpha value is -3.67. The largest absolute Gasteiger partial charge is 0.497 e. The lowest BCUT2D eigenvalue weighted by Gasteiger charge is -2.18. The summed E-state index contributed by atoms with van der Waals surface area (Å²) in [7, 11) is 1.61. The number of carbonyl (C=O) groups excluding carboxylic acids is 1. The topological polar surface area (TPSA) is 81.5 Å². The maximum atomic E-state index is 12.6. The molecule has 0 aromatic heterocycles. The van der Waals surface area contributed by atoms with E-state index in [1.54, 1.807) is 7.11 Å². The first-order chi connectivity index (χ1) is 13.6. The second kappa shape index (κ2) is 8.81. The number of benzene rings is 3. The van der Waals surface area contributed by atoms with Gasteiger partial charge in [0.1, 0.15) is 5.75 Å². The van der Waals surface area contributed by atoms with Gasteiger partial charge >= 0.3 is 0 Å². The van der Waals surface area contributed by atoms with E-state index in [0.717, 1.165) is 16.9 Å². The molecule has 1 atom stereocenters. The number of nitro groups is 1. The van der Waals surface area contributed by atoms with Crippen LogP contribution in [0.3, 0.4) is 0 Å². The lowest BCUT2D eigenvalue weighted by Crippen LogP contribution is -2.16. The van der Waals surface area contributed by atoms with Gasteiger partial charge in [-0.2, -0.15) is 0 Å². The van der Waals surface area contributed by atoms with Gasteiger partial charge in [-0.3, -0.25) is 14.9 Å². The van der Waals surface area contributed by atoms with Gasteiger partial charge in [-0.25, -0.2) is 0 Å². The first-order valence-electron chi connectivity index (χ1n) is 8.80. The van der Waals surface area contributed by atoms with Crippen LogP contribution in [0.4, 0.5) is 11.4 Å². The molecular formula is C22H20N2O4. The quantitative estimate of drug-likeness (QED) is 0.476. The van der Waals surface area contributed by atoms with Crippen molar-refractivity contribution in [2.45, 2.75) is 12.3 Å². The summed E-state index contributed by atoms with van der Waals surface area (Å²) in [5.41, 5.74) is 2.55. The molecule has 3 aromatic rings. The molecule has 0 aliphatic heterocycles. The highest BCUT2D eigenvalue weighted by atomic mass is 16.6. The van der Waals surface area contributed by atoms with E-state index in [-0.39, 0.29) is 23.9 Å². The number of nitrogens with one attached hydrogen (secondary N) is 1. The number of nitro benzene ring substituents is 1. The van der Waals surface area contributed by atoms with Crippen LogP contribution in [0.1, 0.15) is 23.5 Å². The molecule has 0 fully saturated rings. The van der Waals surface area contributed by atoms with Gasteiger partial charge in [0.25, 0.3) is 5.69 Å². The molecule has 6 nitrogen and oxygen atoms in total. The van der Waals surface area contributed by atoms with Crippen molar-refractivity contribution in [2.75, 3.05) is 12.4 Å². The van der Waals surface area contributed by atoms with Crippen LogP contribution in [0.15, 0.2) is 78.9 Å². The van der Waals surface area contributed by atoms with Crippen LogP contribution in [0, 0.1) is 10.1 Å². The Morgan fingerprint density at radius 3 is 2.14 bits per heavy atom. The second-order valence-corrected chi connectivity index (χ2v) is 6.29. The fourth-order valence-corrected chi connectivity index (χ4v) is 3.01. The summed E-state index contributed by atoms with van der Waals surface area (Å²) in [5.74, 6) is 0.467. The second-order valence-electron chi connectivity index (χ2n) is 6.29. The Kier molecular flexibility index (Phi) is 6.01. The van der Waals surface area contributed by atoms with Crippen molar-refractivity contribution >= 4 is 17.3 Å². The molecule has 3 rings (SSSR count). The summed E-state index contributed by atoms with van der Waals surface area (Å²) >= 11 is 0. The summed E-state index contributed by atoms with van der Waals surface area (Å²) in [5, 5.41) is 13.6. The molecule has 0 saturated carbocycles. The Labute approximate surface area is 162 Å². The van der Waals surface area contributed by atoms with Crippen molar-refractivity contribution < 1.29 is 14.5 Å². The minimum Gasteiger partial charge on any atom is -0.497 e. The van der Waals surface area contributed by atoms with Gasteiger partial charge < -0.3 is 10.1 Å². The predicted octanol–water partition coefficient (Wildman–Crippen LogP) is 4.76. The van der Waals surface area contributed by atoms with Gasteiger partial charge in [0.15, 0.2) is 0 Å². The van der Waals surface area contributed by atoms with Gasteiger partial charge in [0.05, 0.1) is 12.0 Å². The lowest BCUT2D eigenvalue weighted by atomic mass is 9.88. The van der Waals surface area contributed by atoms with E-state index in [1.165, 1.54) is 24.3 Å². The highest BCUT2D eigenvalue weighted by molar-refractivity contribution is 5.91. The van der Waals surface area contributed by atoms with Crippen molar-refractivity contribution in [1.82, 2.24) is 0 Å². The summed E-state index contributed by atoms with van der Waals surface area (Å²) in [6, 6.07) is 23.3. The van der Waals surface area contributed by atoms with Gasteiger partial charge in [-0.15, -0.1) is 0 Å². The highest BCUT2D eigenvalue weighted by Crippen LogP contribution is 2.30. The van der Waals surface area contributed by atoms with E-state index in [0.29, 0.717) is 5.69 Å². The van der Waals surface area contributed by atoms with E-state index >= 15 is 0 Å². The summed E-state index contributed by atoms with van der Waals surface area (Å²) in [6.45, 7) is 0. The molecular weight excluding hydrogens is 356 g/mol. The lowest BCUT2D eigenvalue weighted by molar-refractivity contribution is -0.384. The zero-order valence-corrected chi connectivity index (χ0v) is 15.4. The zero-order chi connectivity index (χ0) is 19.9. The fraction of sp³-hybridized carbons (Fsp3) is 0.136. The van der Waals surface area contributed by atoms with Crippen LogP contribution >= 0.6 is 0 Å². The molecule has 1 amide bonds. The van der Waals surface area contributed by atoms with Gasteiger partial charge in [-0.05, 0) is 35.4 Å². The molecule has 6 heteroatoms. The zero-order valence-electron chi connectivity index (χ0n) is 15.4. The molecule has 3 aromatic carbocycles. The number of amides is 1. The Morgan fingerprint density at radius 2 is 1.57 bits per heavy atom. The highest BCUT2D eigenvalue weighted by Gasteiger charge is 2.19. The maximum Gasteiger partial charge on any atom is 0.269 e. The Morgan fingerprint density at radius 1 is 0.964 bits per heavy atom. The average Bonchev–Trinajstić information content (AvgIpc) is 2.73. The third-order valence-electron chi connectivity index (χ3n) is 4.47. The molecule has 0 saturated heterocycles. The van der Waals surface area contributed by atoms with Crippen molar-refractivity contribution in [2.24, 2.45) is 0 Å². The van der Waals surface area contributed by atoms with Crippen LogP contribution in [0.5, 0.6) is 5.75 Å². The number of hydrogen-bond donors (Lipinski definition) is 1. The van der Waals surface area contributed by atoms with Crippen molar-refractivity contribution in [1.29, 1.82) is 0 Å². The molecule has 0 radical (unpaired) electrons. The Balaban J connectivity index is 1.78. The summed E-state index contributed by atoms with van der Waals surface area (Å²) in [4.78, 5) is 22.9. The Bertz CT molecular complexity index is 939. The third-order valence-corrected chi connectivity index (χ3v) is 4.47. The van der Waals surface area contributed by atoms with E-state index in [4.69, 9.17) is 4.74 Å². The molecule has 0 heterocycles. The smallest absolute Gasteiger partial charge is 0.269 e. The number of nitrogens with zero attached hydrogens (tertiary/aromatic N) is 1. The van der Waals surface area contributed by atoms with Crippen LogP contribution in [-0.4, -0.2) is 17.9 Å². The number of non-ortho nitro benzene ring substituents is 1. The van der Waals surface area contributed by atoms with Gasteiger partial charge in [0, 0.05) is 30.2 Å². The number of methoxy groups -OCH3 is 1. The molecule has 0 spiro atoms. The summed E-state index contributed by atoms with van der Waals surface area (Å²) < 4.78 is 5.21. The third kappa shape index (κ3) is 4.73. The van der Waals surface area contributed by atoms with Crippen LogP contribution < -0.4 is 10.1 Å². The van der Waals surface area contributed by atoms with E-state index < -0.39 is 4.92 Å². The molecule has 0 aliphatic carbocycles. The number of ether oxygens (including phenoxy) is 1. The van der Waals surface area contributed by atoms with E-state index in [1.807, 2.05) is 54.6 Å². The molecule has 142 valence electrons. The number of anilines is 1. The van der Waals surface area contributed by atoms with E-state index in [9.17, 15) is 14.9 Å². The minimum absolute atomic E-state index is 0.0154. The first kappa shape index (κ1) is 19.1. The molecule has 0 bridgehead atoms. The SMILES string of the molecule is COc1ccc([C@@H](CC(=O)Nc2ccc([N+](=O)[O-])cc2)c2ccccc2)cc1. The van der Waals surface area contributed by atoms with Crippen LogP contribution in [-0.2, 0) is 4.79 Å². The average molecular weight is 376 g/mol. The van der Waals surface area contributed by atoms with Crippen molar-refractivity contribution in [3.05, 3.63) is 100 Å².